The van der Waals surface area contributed by atoms with Crippen molar-refractivity contribution in [3.8, 4) is 0 Å². The van der Waals surface area contributed by atoms with E-state index in [1.807, 2.05) is 26.2 Å². The molecule has 0 atom stereocenters. The van der Waals surface area contributed by atoms with Crippen LogP contribution in [0.5, 0.6) is 0 Å². The molecule has 0 aliphatic carbocycles. The van der Waals surface area contributed by atoms with Crippen LogP contribution < -0.4 is 11.3 Å². The van der Waals surface area contributed by atoms with Gasteiger partial charge < -0.3 is 4.74 Å². The van der Waals surface area contributed by atoms with Gasteiger partial charge in [0.2, 0.25) is 0 Å². The number of nitrogens with two attached hydrogens (primary N) is 1. The van der Waals surface area contributed by atoms with Gasteiger partial charge in [-0.25, -0.2) is 10.8 Å². The second-order valence-corrected chi connectivity index (χ2v) is 4.55. The number of nitrogens with one attached hydrogen (secondary N) is 1. The average Bonchev–Trinajstić information content (AvgIpc) is 2.47. The van der Waals surface area contributed by atoms with Crippen LogP contribution in [0.1, 0.15) is 26.5 Å². The molecular formula is C8H15N3OS. The van der Waals surface area contributed by atoms with Gasteiger partial charge in [0, 0.05) is 5.38 Å². The number of aromatic nitrogens is 1. The van der Waals surface area contributed by atoms with E-state index in [0.717, 1.165) is 5.69 Å². The maximum Gasteiger partial charge on any atom is 0.197 e. The third-order valence-corrected chi connectivity index (χ3v) is 2.15. The Kier molecular flexibility index (Phi) is 3.24. The zero-order valence-corrected chi connectivity index (χ0v) is 8.94. The molecule has 0 saturated heterocycles. The van der Waals surface area contributed by atoms with Crippen molar-refractivity contribution < 1.29 is 4.74 Å². The molecule has 4 nitrogen and oxygen atoms in total. The highest BCUT2D eigenvalue weighted by atomic mass is 32.1. The molecule has 0 amide bonds. The number of anilines is 1. The second-order valence-electron chi connectivity index (χ2n) is 3.69. The molecule has 1 aromatic rings. The van der Waals surface area contributed by atoms with Gasteiger partial charge in [-0.05, 0) is 20.8 Å². The Labute approximate surface area is 82.1 Å². The van der Waals surface area contributed by atoms with Gasteiger partial charge in [-0.1, -0.05) is 0 Å². The van der Waals surface area contributed by atoms with Crippen LogP contribution >= 0.6 is 11.3 Å². The van der Waals surface area contributed by atoms with Gasteiger partial charge in [0.15, 0.2) is 5.13 Å². The number of nitrogens with zero attached hydrogens (tertiary/aromatic N) is 1. The SMILES string of the molecule is CC(C)(C)OCc1csc(NN)n1. The highest BCUT2D eigenvalue weighted by Gasteiger charge is 2.11. The molecule has 1 aromatic heterocycles. The zero-order valence-electron chi connectivity index (χ0n) is 8.13. The van der Waals surface area contributed by atoms with Crippen LogP contribution in [0.2, 0.25) is 0 Å². The average molecular weight is 201 g/mol. The van der Waals surface area contributed by atoms with E-state index in [4.69, 9.17) is 10.6 Å². The highest BCUT2D eigenvalue weighted by molar-refractivity contribution is 7.13. The smallest absolute Gasteiger partial charge is 0.197 e. The Morgan fingerprint density at radius 3 is 2.77 bits per heavy atom. The molecule has 74 valence electrons. The van der Waals surface area contributed by atoms with Crippen LogP contribution in [-0.4, -0.2) is 10.6 Å². The summed E-state index contributed by atoms with van der Waals surface area (Å²) in [5, 5.41) is 2.65. The first-order valence-electron chi connectivity index (χ1n) is 4.06. The lowest BCUT2D eigenvalue weighted by Gasteiger charge is -2.18. The summed E-state index contributed by atoms with van der Waals surface area (Å²) in [6.07, 6.45) is 0. The summed E-state index contributed by atoms with van der Waals surface area (Å²) in [6.45, 7) is 6.58. The third kappa shape index (κ3) is 3.71. The predicted octanol–water partition coefficient (Wildman–Crippen LogP) is 1.74. The molecule has 1 heterocycles. The maximum atomic E-state index is 5.55. The minimum absolute atomic E-state index is 0.125. The van der Waals surface area contributed by atoms with Gasteiger partial charge in [-0.2, -0.15) is 0 Å². The molecule has 0 bridgehead atoms. The Morgan fingerprint density at radius 1 is 1.62 bits per heavy atom. The number of hydrogen-bond acceptors (Lipinski definition) is 5. The van der Waals surface area contributed by atoms with Gasteiger partial charge in [0.1, 0.15) is 0 Å². The summed E-state index contributed by atoms with van der Waals surface area (Å²) in [7, 11) is 0. The quantitative estimate of drug-likeness (QED) is 0.577. The molecule has 0 unspecified atom stereocenters. The van der Waals surface area contributed by atoms with Gasteiger partial charge >= 0.3 is 0 Å². The number of nitrogen functional groups attached to an aromatic ring is 1. The van der Waals surface area contributed by atoms with Crippen molar-refractivity contribution in [3.05, 3.63) is 11.1 Å². The van der Waals surface area contributed by atoms with Gasteiger partial charge in [0.25, 0.3) is 0 Å². The van der Waals surface area contributed by atoms with Gasteiger partial charge in [-0.3, -0.25) is 5.43 Å². The standard InChI is InChI=1S/C8H15N3OS/c1-8(2,3)12-4-6-5-13-7(10-6)11-9/h5H,4,9H2,1-3H3,(H,10,11). The van der Waals surface area contributed by atoms with Gasteiger partial charge in [-0.15, -0.1) is 11.3 Å². The van der Waals surface area contributed by atoms with Crippen molar-refractivity contribution in [1.82, 2.24) is 4.98 Å². The topological polar surface area (TPSA) is 60.2 Å². The second kappa shape index (κ2) is 4.04. The molecule has 0 aromatic carbocycles. The fourth-order valence-corrected chi connectivity index (χ4v) is 1.34. The van der Waals surface area contributed by atoms with E-state index in [0.29, 0.717) is 11.7 Å². The van der Waals surface area contributed by atoms with Crippen LogP contribution in [0.25, 0.3) is 0 Å². The molecule has 13 heavy (non-hydrogen) atoms. The summed E-state index contributed by atoms with van der Waals surface area (Å²) < 4.78 is 5.55. The Morgan fingerprint density at radius 2 is 2.31 bits per heavy atom. The van der Waals surface area contributed by atoms with Crippen LogP contribution in [0.15, 0.2) is 5.38 Å². The van der Waals surface area contributed by atoms with Crippen LogP contribution in [0.3, 0.4) is 0 Å². The van der Waals surface area contributed by atoms with Crippen molar-refractivity contribution in [3.63, 3.8) is 0 Å². The first kappa shape index (κ1) is 10.4. The fourth-order valence-electron chi connectivity index (χ4n) is 0.730. The minimum Gasteiger partial charge on any atom is -0.370 e. The first-order chi connectivity index (χ1) is 6.01. The van der Waals surface area contributed by atoms with Crippen molar-refractivity contribution in [2.75, 3.05) is 5.43 Å². The summed E-state index contributed by atoms with van der Waals surface area (Å²) in [6, 6.07) is 0. The van der Waals surface area contributed by atoms with E-state index >= 15 is 0 Å². The van der Waals surface area contributed by atoms with E-state index in [9.17, 15) is 0 Å². The lowest BCUT2D eigenvalue weighted by Crippen LogP contribution is -2.18. The summed E-state index contributed by atoms with van der Waals surface area (Å²) in [5.41, 5.74) is 3.28. The Balaban J connectivity index is 2.46. The molecular weight excluding hydrogens is 186 g/mol. The van der Waals surface area contributed by atoms with Crippen LogP contribution in [0, 0.1) is 0 Å². The normalized spacial score (nSPS) is 11.7. The molecule has 5 heteroatoms. The van der Waals surface area contributed by atoms with E-state index < -0.39 is 0 Å². The van der Waals surface area contributed by atoms with E-state index in [1.54, 1.807) is 0 Å². The largest absolute Gasteiger partial charge is 0.370 e. The molecule has 0 saturated carbocycles. The highest BCUT2D eigenvalue weighted by Crippen LogP contribution is 2.17. The zero-order chi connectivity index (χ0) is 9.90. The summed E-state index contributed by atoms with van der Waals surface area (Å²) in [5.74, 6) is 5.20. The first-order valence-corrected chi connectivity index (χ1v) is 4.94. The number of hydrazine groups is 1. The molecule has 0 fully saturated rings. The van der Waals surface area contributed by atoms with Crippen molar-refractivity contribution >= 4 is 16.5 Å². The molecule has 0 spiro atoms. The molecule has 0 radical (unpaired) electrons. The van der Waals surface area contributed by atoms with E-state index in [1.165, 1.54) is 11.3 Å². The summed E-state index contributed by atoms with van der Waals surface area (Å²) >= 11 is 1.47. The molecule has 0 aliphatic heterocycles. The molecule has 0 aliphatic rings. The number of rotatable bonds is 3. The maximum absolute atomic E-state index is 5.55. The minimum atomic E-state index is -0.125. The number of hydrogen-bond donors (Lipinski definition) is 2. The monoisotopic (exact) mass is 201 g/mol. The molecule has 3 N–H and O–H groups in total. The number of thiazole rings is 1. The van der Waals surface area contributed by atoms with Crippen molar-refractivity contribution in [2.45, 2.75) is 33.0 Å². The lowest BCUT2D eigenvalue weighted by molar-refractivity contribution is -0.0162. The Hall–Kier alpha value is -0.650. The third-order valence-electron chi connectivity index (χ3n) is 1.33. The van der Waals surface area contributed by atoms with Crippen molar-refractivity contribution in [2.24, 2.45) is 5.84 Å². The van der Waals surface area contributed by atoms with E-state index in [-0.39, 0.29) is 5.60 Å². The van der Waals surface area contributed by atoms with Crippen LogP contribution in [-0.2, 0) is 11.3 Å². The Bertz CT molecular complexity index is 267. The van der Waals surface area contributed by atoms with Crippen LogP contribution in [0.4, 0.5) is 5.13 Å². The van der Waals surface area contributed by atoms with E-state index in [2.05, 4.69) is 10.4 Å². The lowest BCUT2D eigenvalue weighted by atomic mass is 10.2. The summed E-state index contributed by atoms with van der Waals surface area (Å²) in [4.78, 5) is 4.19. The predicted molar refractivity (Wildman–Crippen MR) is 54.5 cm³/mol. The number of ether oxygens (including phenoxy) is 1. The fraction of sp³-hybridized carbons (Fsp3) is 0.625. The van der Waals surface area contributed by atoms with Crippen molar-refractivity contribution in [1.29, 1.82) is 0 Å². The van der Waals surface area contributed by atoms with Gasteiger partial charge in [0.05, 0.1) is 17.9 Å². The molecule has 1 rings (SSSR count).